The van der Waals surface area contributed by atoms with Gasteiger partial charge >= 0.3 is 0 Å². The topological polar surface area (TPSA) is 25.8 Å². The quantitative estimate of drug-likeness (QED) is 0.747. The lowest BCUT2D eigenvalue weighted by Crippen LogP contribution is -1.89. The molecule has 0 amide bonds. The van der Waals surface area contributed by atoms with E-state index in [1.54, 1.807) is 18.2 Å². The van der Waals surface area contributed by atoms with E-state index in [4.69, 9.17) is 11.6 Å². The van der Waals surface area contributed by atoms with Crippen LogP contribution in [0.1, 0.15) is 0 Å². The van der Waals surface area contributed by atoms with Crippen molar-refractivity contribution < 1.29 is 4.39 Å². The van der Waals surface area contributed by atoms with Crippen molar-refractivity contribution in [3.8, 4) is 11.3 Å². The fourth-order valence-corrected chi connectivity index (χ4v) is 1.65. The second kappa shape index (κ2) is 4.24. The number of rotatable bonds is 1. The Bertz CT molecular complexity index is 505. The van der Waals surface area contributed by atoms with Crippen molar-refractivity contribution in [1.82, 2.24) is 9.97 Å². The summed E-state index contributed by atoms with van der Waals surface area (Å²) in [5, 5.41) is 0.365. The molecule has 76 valence electrons. The van der Waals surface area contributed by atoms with Gasteiger partial charge in [0.15, 0.2) is 0 Å². The summed E-state index contributed by atoms with van der Waals surface area (Å²) in [5.41, 5.74) is 0.925. The predicted octanol–water partition coefficient (Wildman–Crippen LogP) is 3.70. The molecule has 0 N–H and O–H groups in total. The Morgan fingerprint density at radius 1 is 1.20 bits per heavy atom. The minimum Gasteiger partial charge on any atom is -0.236 e. The molecule has 2 nitrogen and oxygen atoms in total. The Morgan fingerprint density at radius 3 is 2.67 bits per heavy atom. The summed E-state index contributed by atoms with van der Waals surface area (Å²) in [6, 6.07) is 6.11. The first-order chi connectivity index (χ1) is 7.16. The van der Waals surface area contributed by atoms with Gasteiger partial charge < -0.3 is 0 Å². The highest BCUT2D eigenvalue weighted by molar-refractivity contribution is 9.10. The fourth-order valence-electron chi connectivity index (χ4n) is 1.18. The van der Waals surface area contributed by atoms with Gasteiger partial charge in [0.1, 0.15) is 16.7 Å². The number of hydrogen-bond donors (Lipinski definition) is 0. The van der Waals surface area contributed by atoms with E-state index in [1.807, 2.05) is 0 Å². The number of hydrogen-bond acceptors (Lipinski definition) is 2. The first-order valence-corrected chi connectivity index (χ1v) is 5.27. The van der Waals surface area contributed by atoms with E-state index in [2.05, 4.69) is 25.9 Å². The monoisotopic (exact) mass is 286 g/mol. The summed E-state index contributed by atoms with van der Waals surface area (Å²) in [4.78, 5) is 7.85. The smallest absolute Gasteiger partial charge is 0.134 e. The zero-order chi connectivity index (χ0) is 10.8. The van der Waals surface area contributed by atoms with Crippen LogP contribution in [0.25, 0.3) is 11.3 Å². The molecule has 1 heterocycles. The third-order valence-electron chi connectivity index (χ3n) is 1.84. The van der Waals surface area contributed by atoms with E-state index in [9.17, 15) is 4.39 Å². The Morgan fingerprint density at radius 2 is 2.00 bits per heavy atom. The molecule has 0 fully saturated rings. The first kappa shape index (κ1) is 10.5. The van der Waals surface area contributed by atoms with Gasteiger partial charge in [-0.15, -0.1) is 0 Å². The summed E-state index contributed by atoms with van der Waals surface area (Å²) in [6.07, 6.45) is 1.37. The lowest BCUT2D eigenvalue weighted by atomic mass is 10.1. The van der Waals surface area contributed by atoms with E-state index in [-0.39, 0.29) is 0 Å². The van der Waals surface area contributed by atoms with Crippen LogP contribution in [-0.4, -0.2) is 9.97 Å². The van der Waals surface area contributed by atoms with Crippen LogP contribution in [-0.2, 0) is 0 Å². The molecule has 0 saturated carbocycles. The number of nitrogens with zero attached hydrogens (tertiary/aromatic N) is 2. The maximum atomic E-state index is 13.5. The van der Waals surface area contributed by atoms with E-state index >= 15 is 0 Å². The maximum absolute atomic E-state index is 13.5. The van der Waals surface area contributed by atoms with Crippen LogP contribution >= 0.6 is 27.5 Å². The van der Waals surface area contributed by atoms with Crippen molar-refractivity contribution in [2.45, 2.75) is 0 Å². The average Bonchev–Trinajstić information content (AvgIpc) is 2.17. The molecular formula is C10H5BrClFN2. The highest BCUT2D eigenvalue weighted by atomic mass is 79.9. The molecule has 15 heavy (non-hydrogen) atoms. The molecule has 0 radical (unpaired) electrons. The van der Waals surface area contributed by atoms with E-state index in [0.717, 1.165) is 0 Å². The third kappa shape index (κ3) is 2.33. The lowest BCUT2D eigenvalue weighted by molar-refractivity contribution is 0.630. The van der Waals surface area contributed by atoms with Crippen LogP contribution in [0.2, 0.25) is 5.02 Å². The highest BCUT2D eigenvalue weighted by Crippen LogP contribution is 2.24. The second-order valence-electron chi connectivity index (χ2n) is 2.85. The molecule has 0 bridgehead atoms. The molecule has 0 saturated heterocycles. The molecule has 0 spiro atoms. The van der Waals surface area contributed by atoms with Crippen LogP contribution in [0.4, 0.5) is 4.39 Å². The van der Waals surface area contributed by atoms with Crippen molar-refractivity contribution in [3.05, 3.63) is 46.0 Å². The van der Waals surface area contributed by atoms with Crippen LogP contribution in [0.3, 0.4) is 0 Å². The SMILES string of the molecule is Fc1cc(Cl)ccc1-c1cc(Br)ncn1. The highest BCUT2D eigenvalue weighted by Gasteiger charge is 2.07. The normalized spacial score (nSPS) is 10.3. The standard InChI is InChI=1S/C10H5BrClFN2/c11-10-4-9(14-5-15-10)7-2-1-6(12)3-8(7)13/h1-5H. The van der Waals surface area contributed by atoms with Crippen molar-refractivity contribution in [2.24, 2.45) is 0 Å². The fraction of sp³-hybridized carbons (Fsp3) is 0. The van der Waals surface area contributed by atoms with E-state index < -0.39 is 5.82 Å². The molecule has 0 unspecified atom stereocenters. The molecular weight excluding hydrogens is 282 g/mol. The minimum atomic E-state index is -0.395. The third-order valence-corrected chi connectivity index (χ3v) is 2.51. The van der Waals surface area contributed by atoms with Gasteiger partial charge in [-0.2, -0.15) is 0 Å². The predicted molar refractivity (Wildman–Crippen MR) is 60.1 cm³/mol. The van der Waals surface area contributed by atoms with Gasteiger partial charge in [-0.25, -0.2) is 14.4 Å². The summed E-state index contributed by atoms with van der Waals surface area (Å²) < 4.78 is 14.1. The second-order valence-corrected chi connectivity index (χ2v) is 4.10. The van der Waals surface area contributed by atoms with Crippen LogP contribution < -0.4 is 0 Å². The molecule has 0 aliphatic rings. The van der Waals surface area contributed by atoms with Gasteiger partial charge in [0, 0.05) is 10.6 Å². The Hall–Kier alpha value is -1.00. The summed E-state index contributed by atoms with van der Waals surface area (Å²) in [7, 11) is 0. The van der Waals surface area contributed by atoms with Gasteiger partial charge in [-0.3, -0.25) is 0 Å². The molecule has 0 aliphatic carbocycles. The summed E-state index contributed by atoms with van der Waals surface area (Å²) in [5.74, 6) is -0.395. The molecule has 2 aromatic rings. The molecule has 1 aromatic heterocycles. The van der Waals surface area contributed by atoms with Gasteiger partial charge in [-0.1, -0.05) is 11.6 Å². The minimum absolute atomic E-state index is 0.365. The van der Waals surface area contributed by atoms with E-state index in [1.165, 1.54) is 12.4 Å². The Balaban J connectivity index is 2.54. The zero-order valence-corrected chi connectivity index (χ0v) is 9.76. The maximum Gasteiger partial charge on any atom is 0.134 e. The Labute approximate surface area is 99.3 Å². The van der Waals surface area contributed by atoms with Crippen molar-refractivity contribution in [2.75, 3.05) is 0 Å². The number of halogens is 3. The van der Waals surface area contributed by atoms with Crippen molar-refractivity contribution >= 4 is 27.5 Å². The lowest BCUT2D eigenvalue weighted by Gasteiger charge is -2.02. The largest absolute Gasteiger partial charge is 0.236 e. The van der Waals surface area contributed by atoms with E-state index in [0.29, 0.717) is 20.9 Å². The van der Waals surface area contributed by atoms with Crippen LogP contribution in [0, 0.1) is 5.82 Å². The van der Waals surface area contributed by atoms with Crippen molar-refractivity contribution in [1.29, 1.82) is 0 Å². The molecule has 1 aromatic carbocycles. The first-order valence-electron chi connectivity index (χ1n) is 4.10. The van der Waals surface area contributed by atoms with Gasteiger partial charge in [0.25, 0.3) is 0 Å². The van der Waals surface area contributed by atoms with Crippen LogP contribution in [0.15, 0.2) is 35.2 Å². The molecule has 5 heteroatoms. The molecule has 2 rings (SSSR count). The van der Waals surface area contributed by atoms with Gasteiger partial charge in [0.2, 0.25) is 0 Å². The Kier molecular flexibility index (Phi) is 2.98. The number of benzene rings is 1. The molecule has 0 aliphatic heterocycles. The number of aromatic nitrogens is 2. The average molecular weight is 288 g/mol. The van der Waals surface area contributed by atoms with Crippen molar-refractivity contribution in [3.63, 3.8) is 0 Å². The van der Waals surface area contributed by atoms with Gasteiger partial charge in [0.05, 0.1) is 5.69 Å². The molecule has 0 atom stereocenters. The summed E-state index contributed by atoms with van der Waals surface area (Å²) >= 11 is 8.85. The summed E-state index contributed by atoms with van der Waals surface area (Å²) in [6.45, 7) is 0. The zero-order valence-electron chi connectivity index (χ0n) is 7.42. The van der Waals surface area contributed by atoms with Gasteiger partial charge in [-0.05, 0) is 40.2 Å². The van der Waals surface area contributed by atoms with Crippen LogP contribution in [0.5, 0.6) is 0 Å².